The van der Waals surface area contributed by atoms with Gasteiger partial charge in [0.05, 0.1) is 18.7 Å². The number of ether oxygens (including phenoxy) is 1. The van der Waals surface area contributed by atoms with Crippen LogP contribution in [0.3, 0.4) is 0 Å². The van der Waals surface area contributed by atoms with Crippen LogP contribution in [-0.4, -0.2) is 18.6 Å². The molecule has 1 heterocycles. The molecule has 0 bridgehead atoms. The van der Waals surface area contributed by atoms with E-state index in [1.54, 1.807) is 7.11 Å². The van der Waals surface area contributed by atoms with Crippen molar-refractivity contribution in [2.75, 3.05) is 13.7 Å². The molecular weight excluding hydrogens is 272 g/mol. The molecular formula is C19H20N2O. The molecule has 0 radical (unpaired) electrons. The fraction of sp³-hybridized carbons (Fsp3) is 0.316. The summed E-state index contributed by atoms with van der Waals surface area (Å²) in [6.45, 7) is 2.05. The van der Waals surface area contributed by atoms with Gasteiger partial charge in [0.25, 0.3) is 0 Å². The molecule has 0 N–H and O–H groups in total. The predicted octanol–water partition coefficient (Wildman–Crippen LogP) is 3.90. The largest absolute Gasteiger partial charge is 0.497 e. The topological polar surface area (TPSA) is 36.3 Å². The van der Waals surface area contributed by atoms with E-state index in [9.17, 15) is 0 Å². The van der Waals surface area contributed by atoms with Crippen LogP contribution in [0.15, 0.2) is 48.5 Å². The van der Waals surface area contributed by atoms with Crippen LogP contribution in [0.4, 0.5) is 0 Å². The maximum Gasteiger partial charge on any atom is 0.118 e. The summed E-state index contributed by atoms with van der Waals surface area (Å²) < 4.78 is 5.24. The lowest BCUT2D eigenvalue weighted by molar-refractivity contribution is 0.248. The molecule has 0 saturated carbocycles. The second-order valence-corrected chi connectivity index (χ2v) is 5.71. The van der Waals surface area contributed by atoms with Crippen LogP contribution >= 0.6 is 0 Å². The van der Waals surface area contributed by atoms with Gasteiger partial charge in [-0.3, -0.25) is 4.90 Å². The van der Waals surface area contributed by atoms with Crippen LogP contribution in [0.1, 0.15) is 35.6 Å². The number of methoxy groups -OCH3 is 1. The summed E-state index contributed by atoms with van der Waals surface area (Å²) in [5.74, 6) is 0.903. The van der Waals surface area contributed by atoms with E-state index in [1.807, 2.05) is 24.3 Å². The number of likely N-dealkylation sites (tertiary alicyclic amines) is 1. The van der Waals surface area contributed by atoms with E-state index in [4.69, 9.17) is 10.00 Å². The zero-order valence-corrected chi connectivity index (χ0v) is 12.8. The third-order valence-corrected chi connectivity index (χ3v) is 4.33. The van der Waals surface area contributed by atoms with Gasteiger partial charge in [-0.15, -0.1) is 0 Å². The average molecular weight is 292 g/mol. The third kappa shape index (κ3) is 3.13. The number of rotatable bonds is 4. The molecule has 0 unspecified atom stereocenters. The Morgan fingerprint density at radius 3 is 2.50 bits per heavy atom. The molecule has 0 aromatic heterocycles. The van der Waals surface area contributed by atoms with Crippen molar-refractivity contribution in [2.45, 2.75) is 25.4 Å². The highest BCUT2D eigenvalue weighted by Gasteiger charge is 2.25. The molecule has 2 aromatic rings. The zero-order valence-electron chi connectivity index (χ0n) is 12.8. The normalized spacial score (nSPS) is 18.1. The molecule has 0 amide bonds. The van der Waals surface area contributed by atoms with Crippen molar-refractivity contribution < 1.29 is 4.74 Å². The van der Waals surface area contributed by atoms with E-state index in [-0.39, 0.29) is 0 Å². The number of nitrogens with zero attached hydrogens (tertiary/aromatic N) is 2. The molecule has 2 aromatic carbocycles. The molecule has 0 spiro atoms. The van der Waals surface area contributed by atoms with Gasteiger partial charge in [0.2, 0.25) is 0 Å². The molecule has 3 heteroatoms. The van der Waals surface area contributed by atoms with Gasteiger partial charge < -0.3 is 4.74 Å². The minimum atomic E-state index is 0.474. The molecule has 1 atom stereocenters. The Labute approximate surface area is 131 Å². The standard InChI is InChI=1S/C19H20N2O/c1-22-18-10-8-17(9-11-18)19-3-2-12-21(19)14-16-6-4-15(13-20)5-7-16/h4-11,19H,2-3,12,14H2,1H3/t19-/m1/s1. The third-order valence-electron chi connectivity index (χ3n) is 4.33. The molecule has 3 nitrogen and oxygen atoms in total. The Morgan fingerprint density at radius 2 is 1.86 bits per heavy atom. The summed E-state index contributed by atoms with van der Waals surface area (Å²) in [6, 6.07) is 19.0. The second kappa shape index (κ2) is 6.64. The van der Waals surface area contributed by atoms with Crippen molar-refractivity contribution in [3.05, 3.63) is 65.2 Å². The van der Waals surface area contributed by atoms with E-state index in [0.29, 0.717) is 6.04 Å². The zero-order chi connectivity index (χ0) is 15.4. The van der Waals surface area contributed by atoms with Gasteiger partial charge in [-0.2, -0.15) is 5.26 Å². The monoisotopic (exact) mass is 292 g/mol. The quantitative estimate of drug-likeness (QED) is 0.857. The maximum absolute atomic E-state index is 8.88. The van der Waals surface area contributed by atoms with Gasteiger partial charge >= 0.3 is 0 Å². The van der Waals surface area contributed by atoms with Crippen molar-refractivity contribution in [1.29, 1.82) is 5.26 Å². The fourth-order valence-corrected chi connectivity index (χ4v) is 3.14. The second-order valence-electron chi connectivity index (χ2n) is 5.71. The lowest BCUT2D eigenvalue weighted by Gasteiger charge is -2.25. The van der Waals surface area contributed by atoms with Crippen molar-refractivity contribution in [3.63, 3.8) is 0 Å². The van der Waals surface area contributed by atoms with Crippen LogP contribution in [0.25, 0.3) is 0 Å². The summed E-state index contributed by atoms with van der Waals surface area (Å²) >= 11 is 0. The lowest BCUT2D eigenvalue weighted by Crippen LogP contribution is -2.22. The number of hydrogen-bond acceptors (Lipinski definition) is 3. The number of benzene rings is 2. The minimum Gasteiger partial charge on any atom is -0.497 e. The Kier molecular flexibility index (Phi) is 4.41. The highest BCUT2D eigenvalue weighted by Crippen LogP contribution is 2.33. The van der Waals surface area contributed by atoms with Crippen LogP contribution in [0, 0.1) is 11.3 Å². The van der Waals surface area contributed by atoms with Crippen LogP contribution < -0.4 is 4.74 Å². The first-order chi connectivity index (χ1) is 10.8. The van der Waals surface area contributed by atoms with Gasteiger partial charge in [0, 0.05) is 12.6 Å². The van der Waals surface area contributed by atoms with Gasteiger partial charge in [-0.1, -0.05) is 24.3 Å². The van der Waals surface area contributed by atoms with E-state index in [0.717, 1.165) is 24.4 Å². The predicted molar refractivity (Wildman–Crippen MR) is 86.5 cm³/mol. The van der Waals surface area contributed by atoms with Crippen molar-refractivity contribution in [1.82, 2.24) is 4.90 Å². The summed E-state index contributed by atoms with van der Waals surface area (Å²) in [7, 11) is 1.70. The maximum atomic E-state index is 8.88. The van der Waals surface area contributed by atoms with Gasteiger partial charge in [-0.05, 0) is 54.8 Å². The van der Waals surface area contributed by atoms with Gasteiger partial charge in [-0.25, -0.2) is 0 Å². The first-order valence-corrected chi connectivity index (χ1v) is 7.67. The van der Waals surface area contributed by atoms with E-state index in [1.165, 1.54) is 24.0 Å². The van der Waals surface area contributed by atoms with E-state index < -0.39 is 0 Å². The van der Waals surface area contributed by atoms with E-state index in [2.05, 4.69) is 35.2 Å². The van der Waals surface area contributed by atoms with Crippen molar-refractivity contribution in [3.8, 4) is 11.8 Å². The van der Waals surface area contributed by atoms with Crippen LogP contribution in [0.5, 0.6) is 5.75 Å². The van der Waals surface area contributed by atoms with Gasteiger partial charge in [0.15, 0.2) is 0 Å². The van der Waals surface area contributed by atoms with Crippen LogP contribution in [-0.2, 0) is 6.54 Å². The van der Waals surface area contributed by atoms with Crippen LogP contribution in [0.2, 0.25) is 0 Å². The summed E-state index contributed by atoms with van der Waals surface area (Å²) in [6.07, 6.45) is 2.43. The van der Waals surface area contributed by atoms with Gasteiger partial charge in [0.1, 0.15) is 5.75 Å². The first-order valence-electron chi connectivity index (χ1n) is 7.67. The smallest absolute Gasteiger partial charge is 0.118 e. The molecule has 1 saturated heterocycles. The highest BCUT2D eigenvalue weighted by molar-refractivity contribution is 5.32. The molecule has 22 heavy (non-hydrogen) atoms. The molecule has 112 valence electrons. The molecule has 3 rings (SSSR count). The number of hydrogen-bond donors (Lipinski definition) is 0. The van der Waals surface area contributed by atoms with Crippen molar-refractivity contribution in [2.24, 2.45) is 0 Å². The molecule has 1 aliphatic rings. The molecule has 0 aliphatic carbocycles. The lowest BCUT2D eigenvalue weighted by atomic mass is 10.0. The van der Waals surface area contributed by atoms with Crippen molar-refractivity contribution >= 4 is 0 Å². The SMILES string of the molecule is COc1ccc([C@H]2CCCN2Cc2ccc(C#N)cc2)cc1. The average Bonchev–Trinajstić information content (AvgIpc) is 3.04. The highest BCUT2D eigenvalue weighted by atomic mass is 16.5. The Hall–Kier alpha value is -2.31. The summed E-state index contributed by atoms with van der Waals surface area (Å²) in [5.41, 5.74) is 3.34. The Morgan fingerprint density at radius 1 is 1.14 bits per heavy atom. The van der Waals surface area contributed by atoms with E-state index >= 15 is 0 Å². The Balaban J connectivity index is 1.73. The molecule has 1 fully saturated rings. The number of nitriles is 1. The minimum absolute atomic E-state index is 0.474. The summed E-state index contributed by atoms with van der Waals surface area (Å²) in [4.78, 5) is 2.52. The molecule has 1 aliphatic heterocycles. The Bertz CT molecular complexity index is 655. The first kappa shape index (κ1) is 14.6. The summed E-state index contributed by atoms with van der Waals surface area (Å²) in [5, 5.41) is 8.88. The fourth-order valence-electron chi connectivity index (χ4n) is 3.14.